The van der Waals surface area contributed by atoms with Crippen LogP contribution < -0.4 is 5.32 Å². The second kappa shape index (κ2) is 6.31. The van der Waals surface area contributed by atoms with E-state index in [4.69, 9.17) is 4.42 Å². The molecule has 2 aromatic rings. The maximum Gasteiger partial charge on any atom is 0.141 e. The van der Waals surface area contributed by atoms with Crippen LogP contribution in [0, 0.1) is 5.82 Å². The van der Waals surface area contributed by atoms with Crippen molar-refractivity contribution in [1.29, 1.82) is 0 Å². The number of rotatable bonds is 6. The van der Waals surface area contributed by atoms with Gasteiger partial charge in [0.1, 0.15) is 11.6 Å². The summed E-state index contributed by atoms with van der Waals surface area (Å²) in [7, 11) is 0. The van der Waals surface area contributed by atoms with Gasteiger partial charge in [-0.1, -0.05) is 0 Å². The number of furan rings is 1. The standard InChI is InChI=1S/C14H17FN2O/c1-11(4-5-14-3-2-6-18-14)17-9-12-7-13(15)10-16-8-12/h2-3,6-8,10-11,17H,4-5,9H2,1H3. The third-order valence-electron chi connectivity index (χ3n) is 2.82. The van der Waals surface area contributed by atoms with Crippen LogP contribution in [0.3, 0.4) is 0 Å². The maximum absolute atomic E-state index is 12.9. The normalized spacial score (nSPS) is 12.6. The summed E-state index contributed by atoms with van der Waals surface area (Å²) < 4.78 is 18.2. The van der Waals surface area contributed by atoms with Crippen LogP contribution in [0.5, 0.6) is 0 Å². The number of nitrogens with zero attached hydrogens (tertiary/aromatic N) is 1. The number of hydrogen-bond donors (Lipinski definition) is 1. The minimum absolute atomic E-state index is 0.294. The summed E-state index contributed by atoms with van der Waals surface area (Å²) in [5.41, 5.74) is 0.861. The van der Waals surface area contributed by atoms with Crippen LogP contribution in [0.15, 0.2) is 41.3 Å². The smallest absolute Gasteiger partial charge is 0.141 e. The third-order valence-corrected chi connectivity index (χ3v) is 2.82. The van der Waals surface area contributed by atoms with Gasteiger partial charge in [0, 0.05) is 25.2 Å². The van der Waals surface area contributed by atoms with Gasteiger partial charge in [0.25, 0.3) is 0 Å². The van der Waals surface area contributed by atoms with E-state index in [1.54, 1.807) is 12.5 Å². The monoisotopic (exact) mass is 248 g/mol. The highest BCUT2D eigenvalue weighted by molar-refractivity contribution is 5.09. The van der Waals surface area contributed by atoms with Crippen LogP contribution in [0.2, 0.25) is 0 Å². The molecule has 18 heavy (non-hydrogen) atoms. The van der Waals surface area contributed by atoms with Gasteiger partial charge in [-0.3, -0.25) is 4.98 Å². The highest BCUT2D eigenvalue weighted by Gasteiger charge is 2.04. The molecule has 2 rings (SSSR count). The fraction of sp³-hybridized carbons (Fsp3) is 0.357. The van der Waals surface area contributed by atoms with Gasteiger partial charge in [-0.2, -0.15) is 0 Å². The first-order valence-electron chi connectivity index (χ1n) is 6.09. The first-order chi connectivity index (χ1) is 8.74. The molecule has 0 amide bonds. The zero-order valence-electron chi connectivity index (χ0n) is 10.4. The van der Waals surface area contributed by atoms with Crippen molar-refractivity contribution in [2.75, 3.05) is 0 Å². The number of pyridine rings is 1. The molecule has 2 heterocycles. The van der Waals surface area contributed by atoms with Crippen LogP contribution in [0.4, 0.5) is 4.39 Å². The first-order valence-corrected chi connectivity index (χ1v) is 6.09. The van der Waals surface area contributed by atoms with Crippen LogP contribution in [0.1, 0.15) is 24.7 Å². The van der Waals surface area contributed by atoms with Gasteiger partial charge in [-0.15, -0.1) is 0 Å². The average Bonchev–Trinajstić information content (AvgIpc) is 2.87. The molecule has 0 aliphatic rings. The summed E-state index contributed by atoms with van der Waals surface area (Å²) in [6.07, 6.45) is 6.46. The van der Waals surface area contributed by atoms with Gasteiger partial charge in [-0.25, -0.2) is 4.39 Å². The Bertz CT molecular complexity index is 470. The Balaban J connectivity index is 1.73. The van der Waals surface area contributed by atoms with Crippen molar-refractivity contribution in [2.45, 2.75) is 32.4 Å². The van der Waals surface area contributed by atoms with Gasteiger partial charge >= 0.3 is 0 Å². The topological polar surface area (TPSA) is 38.1 Å². The van der Waals surface area contributed by atoms with Crippen molar-refractivity contribution in [3.05, 3.63) is 54.0 Å². The Morgan fingerprint density at radius 1 is 1.44 bits per heavy atom. The lowest BCUT2D eigenvalue weighted by Crippen LogP contribution is -2.26. The molecule has 0 bridgehead atoms. The van der Waals surface area contributed by atoms with Crippen molar-refractivity contribution in [1.82, 2.24) is 10.3 Å². The number of hydrogen-bond acceptors (Lipinski definition) is 3. The Morgan fingerprint density at radius 3 is 3.06 bits per heavy atom. The summed E-state index contributed by atoms with van der Waals surface area (Å²) >= 11 is 0. The van der Waals surface area contributed by atoms with Crippen molar-refractivity contribution < 1.29 is 8.81 Å². The summed E-state index contributed by atoms with van der Waals surface area (Å²) in [5, 5.41) is 3.34. The first kappa shape index (κ1) is 12.8. The van der Waals surface area contributed by atoms with E-state index >= 15 is 0 Å². The molecule has 2 aromatic heterocycles. The predicted octanol–water partition coefficient (Wildman–Crippen LogP) is 2.92. The lowest BCUT2D eigenvalue weighted by molar-refractivity contribution is 0.459. The highest BCUT2D eigenvalue weighted by atomic mass is 19.1. The van der Waals surface area contributed by atoms with E-state index in [0.29, 0.717) is 12.6 Å². The van der Waals surface area contributed by atoms with E-state index in [1.807, 2.05) is 12.1 Å². The van der Waals surface area contributed by atoms with Crippen LogP contribution in [0.25, 0.3) is 0 Å². The third kappa shape index (κ3) is 3.96. The van der Waals surface area contributed by atoms with E-state index in [2.05, 4.69) is 17.2 Å². The molecule has 0 saturated carbocycles. The summed E-state index contributed by atoms with van der Waals surface area (Å²) in [6, 6.07) is 5.72. The molecule has 0 aliphatic heterocycles. The second-order valence-corrected chi connectivity index (χ2v) is 4.41. The molecule has 0 spiro atoms. The zero-order valence-corrected chi connectivity index (χ0v) is 10.4. The highest BCUT2D eigenvalue weighted by Crippen LogP contribution is 2.07. The van der Waals surface area contributed by atoms with Crippen LogP contribution in [-0.4, -0.2) is 11.0 Å². The predicted molar refractivity (Wildman–Crippen MR) is 67.5 cm³/mol. The van der Waals surface area contributed by atoms with Crippen molar-refractivity contribution >= 4 is 0 Å². The molecule has 96 valence electrons. The number of halogens is 1. The summed E-state index contributed by atoms with van der Waals surface area (Å²) in [4.78, 5) is 3.82. The Kier molecular flexibility index (Phi) is 4.47. The number of aryl methyl sites for hydroxylation is 1. The van der Waals surface area contributed by atoms with E-state index in [9.17, 15) is 4.39 Å². The molecule has 1 unspecified atom stereocenters. The van der Waals surface area contributed by atoms with E-state index in [1.165, 1.54) is 12.3 Å². The molecule has 1 N–H and O–H groups in total. The van der Waals surface area contributed by atoms with E-state index in [0.717, 1.165) is 24.2 Å². The molecule has 1 atom stereocenters. The molecule has 0 fully saturated rings. The number of aromatic nitrogens is 1. The molecule has 0 saturated heterocycles. The van der Waals surface area contributed by atoms with E-state index < -0.39 is 0 Å². The minimum Gasteiger partial charge on any atom is -0.469 e. The fourth-order valence-corrected chi connectivity index (χ4v) is 1.76. The fourth-order valence-electron chi connectivity index (χ4n) is 1.76. The van der Waals surface area contributed by atoms with Gasteiger partial charge < -0.3 is 9.73 Å². The summed E-state index contributed by atoms with van der Waals surface area (Å²) in [6.45, 7) is 2.74. The lowest BCUT2D eigenvalue weighted by Gasteiger charge is -2.12. The SMILES string of the molecule is CC(CCc1ccco1)NCc1cncc(F)c1. The van der Waals surface area contributed by atoms with Crippen LogP contribution in [-0.2, 0) is 13.0 Å². The molecule has 0 aliphatic carbocycles. The lowest BCUT2D eigenvalue weighted by atomic mass is 10.1. The molecule has 3 nitrogen and oxygen atoms in total. The van der Waals surface area contributed by atoms with Crippen LogP contribution >= 0.6 is 0 Å². The molecule has 4 heteroatoms. The van der Waals surface area contributed by atoms with Gasteiger partial charge in [0.15, 0.2) is 0 Å². The molecular formula is C14H17FN2O. The minimum atomic E-state index is -0.294. The van der Waals surface area contributed by atoms with Crippen molar-refractivity contribution in [3.8, 4) is 0 Å². The van der Waals surface area contributed by atoms with Crippen molar-refractivity contribution in [2.24, 2.45) is 0 Å². The maximum atomic E-state index is 12.9. The van der Waals surface area contributed by atoms with E-state index in [-0.39, 0.29) is 5.82 Å². The van der Waals surface area contributed by atoms with Crippen molar-refractivity contribution in [3.63, 3.8) is 0 Å². The summed E-state index contributed by atoms with van der Waals surface area (Å²) in [5.74, 6) is 0.702. The van der Waals surface area contributed by atoms with Gasteiger partial charge in [0.05, 0.1) is 12.5 Å². The Labute approximate surface area is 106 Å². The van der Waals surface area contributed by atoms with Gasteiger partial charge in [0.2, 0.25) is 0 Å². The quantitative estimate of drug-likeness (QED) is 0.854. The molecule has 0 aromatic carbocycles. The second-order valence-electron chi connectivity index (χ2n) is 4.41. The Morgan fingerprint density at radius 2 is 2.33 bits per heavy atom. The Hall–Kier alpha value is -1.68. The molecule has 0 radical (unpaired) electrons. The zero-order chi connectivity index (χ0) is 12.8. The number of nitrogens with one attached hydrogen (secondary N) is 1. The average molecular weight is 248 g/mol. The largest absolute Gasteiger partial charge is 0.469 e. The molecular weight excluding hydrogens is 231 g/mol. The van der Waals surface area contributed by atoms with Gasteiger partial charge in [-0.05, 0) is 37.1 Å².